The summed E-state index contributed by atoms with van der Waals surface area (Å²) in [6, 6.07) is 21.4. The third-order valence-electron chi connectivity index (χ3n) is 6.37. The number of nitrogens with zero attached hydrogens (tertiary/aromatic N) is 2. The number of pyridine rings is 1. The summed E-state index contributed by atoms with van der Waals surface area (Å²) in [7, 11) is 1.64. The molecule has 4 aromatic rings. The topological polar surface area (TPSA) is 93.8 Å². The lowest BCUT2D eigenvalue weighted by molar-refractivity contribution is -0.143. The van der Waals surface area contributed by atoms with Crippen LogP contribution in [0, 0.1) is 0 Å². The minimum Gasteiger partial charge on any atom is -0.493 e. The van der Waals surface area contributed by atoms with Crippen LogP contribution < -0.4 is 9.64 Å². The summed E-state index contributed by atoms with van der Waals surface area (Å²) in [5, 5.41) is 0.995. The van der Waals surface area contributed by atoms with Crippen molar-refractivity contribution in [3.8, 4) is 5.75 Å². The first-order valence-corrected chi connectivity index (χ1v) is 13.5. The maximum Gasteiger partial charge on any atom is 0.415 e. The van der Waals surface area contributed by atoms with Crippen LogP contribution in [0.4, 0.5) is 10.6 Å². The first kappa shape index (κ1) is 28.7. The Morgan fingerprint density at radius 3 is 2.52 bits per heavy atom. The van der Waals surface area contributed by atoms with Gasteiger partial charge in [0, 0.05) is 42.2 Å². The number of H-pyrrole nitrogens is 1. The maximum absolute atomic E-state index is 12.5. The van der Waals surface area contributed by atoms with E-state index >= 15 is 0 Å². The lowest BCUT2D eigenvalue weighted by Crippen LogP contribution is -2.34. The molecular weight excluding hydrogens is 506 g/mol. The van der Waals surface area contributed by atoms with Gasteiger partial charge in [0.05, 0.1) is 19.6 Å². The highest BCUT2D eigenvalue weighted by molar-refractivity contribution is 5.87. The van der Waals surface area contributed by atoms with E-state index in [2.05, 4.69) is 9.97 Å². The van der Waals surface area contributed by atoms with Crippen LogP contribution in [0.15, 0.2) is 72.9 Å². The van der Waals surface area contributed by atoms with Gasteiger partial charge in [-0.15, -0.1) is 0 Å². The van der Waals surface area contributed by atoms with Gasteiger partial charge in [0.2, 0.25) is 0 Å². The van der Waals surface area contributed by atoms with Gasteiger partial charge >= 0.3 is 12.1 Å². The molecule has 0 saturated carbocycles. The fraction of sp³-hybridized carbons (Fsp3) is 0.344. The zero-order valence-corrected chi connectivity index (χ0v) is 23.8. The minimum absolute atomic E-state index is 0.154. The molecule has 40 heavy (non-hydrogen) atoms. The zero-order valence-electron chi connectivity index (χ0n) is 23.8. The number of amides is 1. The van der Waals surface area contributed by atoms with Crippen molar-refractivity contribution >= 4 is 28.8 Å². The fourth-order valence-electron chi connectivity index (χ4n) is 4.47. The number of hydrogen-bond donors (Lipinski definition) is 1. The molecule has 0 aliphatic rings. The number of esters is 1. The van der Waals surface area contributed by atoms with Crippen LogP contribution in [0.25, 0.3) is 10.9 Å². The molecule has 8 nitrogen and oxygen atoms in total. The highest BCUT2D eigenvalue weighted by Gasteiger charge is 2.23. The Kier molecular flexibility index (Phi) is 9.09. The molecule has 0 aliphatic heterocycles. The highest BCUT2D eigenvalue weighted by atomic mass is 16.6. The molecule has 1 atom stereocenters. The summed E-state index contributed by atoms with van der Waals surface area (Å²) in [5.74, 6) is 0.848. The quantitative estimate of drug-likeness (QED) is 0.225. The van der Waals surface area contributed by atoms with Crippen LogP contribution in [0.3, 0.4) is 0 Å². The molecule has 0 aliphatic carbocycles. The van der Waals surface area contributed by atoms with E-state index in [4.69, 9.17) is 14.2 Å². The van der Waals surface area contributed by atoms with Crippen molar-refractivity contribution in [3.63, 3.8) is 0 Å². The fourth-order valence-corrected chi connectivity index (χ4v) is 4.47. The van der Waals surface area contributed by atoms with Crippen LogP contribution in [-0.2, 0) is 20.7 Å². The lowest BCUT2D eigenvalue weighted by atomic mass is 9.88. The standard InChI is InChI=1S/C32H37N3O5/c1-6-38-30(36)20-25(22-11-8-7-9-12-22)27-21-33-28-16-15-24(19-26(27)28)39-18-17-23-13-10-14-29(34-23)35(5)31(37)40-32(2,3)4/h7-16,19,21,25,33H,6,17-18,20H2,1-5H3. The van der Waals surface area contributed by atoms with E-state index in [0.717, 1.165) is 33.5 Å². The predicted molar refractivity (Wildman–Crippen MR) is 156 cm³/mol. The predicted octanol–water partition coefficient (Wildman–Crippen LogP) is 6.64. The average Bonchev–Trinajstić information content (AvgIpc) is 3.34. The van der Waals surface area contributed by atoms with Gasteiger partial charge in [-0.1, -0.05) is 36.4 Å². The zero-order chi connectivity index (χ0) is 28.7. The molecule has 1 amide bonds. The van der Waals surface area contributed by atoms with Crippen molar-refractivity contribution < 1.29 is 23.8 Å². The molecule has 1 N–H and O–H groups in total. The summed E-state index contributed by atoms with van der Waals surface area (Å²) in [6.07, 6.45) is 2.31. The summed E-state index contributed by atoms with van der Waals surface area (Å²) >= 11 is 0. The van der Waals surface area contributed by atoms with Crippen molar-refractivity contribution in [2.45, 2.75) is 52.1 Å². The maximum atomic E-state index is 12.5. The number of anilines is 1. The molecule has 4 rings (SSSR count). The van der Waals surface area contributed by atoms with Crippen molar-refractivity contribution in [1.29, 1.82) is 0 Å². The number of aromatic nitrogens is 2. The SMILES string of the molecule is CCOC(=O)CC(c1ccccc1)c1c[nH]c2ccc(OCCc3cccc(N(C)C(=O)OC(C)(C)C)n3)cc12. The summed E-state index contributed by atoms with van der Waals surface area (Å²) in [4.78, 5) is 34.2. The number of hydrogen-bond acceptors (Lipinski definition) is 6. The number of aromatic amines is 1. The summed E-state index contributed by atoms with van der Waals surface area (Å²) < 4.78 is 16.8. The molecule has 2 aromatic carbocycles. The van der Waals surface area contributed by atoms with E-state index in [9.17, 15) is 9.59 Å². The van der Waals surface area contributed by atoms with Gasteiger partial charge in [0.1, 0.15) is 17.2 Å². The lowest BCUT2D eigenvalue weighted by Gasteiger charge is -2.24. The van der Waals surface area contributed by atoms with Crippen LogP contribution in [-0.4, -0.2) is 47.9 Å². The number of benzene rings is 2. The average molecular weight is 544 g/mol. The smallest absolute Gasteiger partial charge is 0.415 e. The van der Waals surface area contributed by atoms with Gasteiger partial charge in [-0.3, -0.25) is 9.69 Å². The van der Waals surface area contributed by atoms with E-state index in [-0.39, 0.29) is 18.3 Å². The minimum atomic E-state index is -0.586. The first-order valence-electron chi connectivity index (χ1n) is 13.5. The Hall–Kier alpha value is -4.33. The second-order valence-electron chi connectivity index (χ2n) is 10.5. The molecular formula is C32H37N3O5. The number of carbonyl (C=O) groups excluding carboxylic acids is 2. The van der Waals surface area contributed by atoms with Crippen molar-refractivity contribution in [3.05, 3.63) is 89.7 Å². The van der Waals surface area contributed by atoms with Crippen molar-refractivity contribution in [2.24, 2.45) is 0 Å². The van der Waals surface area contributed by atoms with E-state index in [1.165, 1.54) is 4.90 Å². The van der Waals surface area contributed by atoms with E-state index in [0.29, 0.717) is 25.5 Å². The van der Waals surface area contributed by atoms with Gasteiger partial charge in [0.25, 0.3) is 0 Å². The molecule has 1 unspecified atom stereocenters. The second kappa shape index (κ2) is 12.7. The molecule has 210 valence electrons. The van der Waals surface area contributed by atoms with Gasteiger partial charge in [0.15, 0.2) is 0 Å². The third-order valence-corrected chi connectivity index (χ3v) is 6.37. The van der Waals surface area contributed by atoms with Gasteiger partial charge in [-0.2, -0.15) is 0 Å². The summed E-state index contributed by atoms with van der Waals surface area (Å²) in [6.45, 7) is 8.06. The largest absolute Gasteiger partial charge is 0.493 e. The summed E-state index contributed by atoms with van der Waals surface area (Å²) in [5.41, 5.74) is 3.24. The molecule has 0 fully saturated rings. The normalized spacial score (nSPS) is 12.1. The second-order valence-corrected chi connectivity index (χ2v) is 10.5. The number of nitrogens with one attached hydrogen (secondary N) is 1. The molecule has 8 heteroatoms. The first-order chi connectivity index (χ1) is 19.1. The molecule has 0 spiro atoms. The molecule has 2 aromatic heterocycles. The number of carbonyl (C=O) groups is 2. The highest BCUT2D eigenvalue weighted by Crippen LogP contribution is 2.35. The molecule has 0 saturated heterocycles. The van der Waals surface area contributed by atoms with Crippen LogP contribution in [0.1, 0.15) is 56.9 Å². The van der Waals surface area contributed by atoms with E-state index in [1.54, 1.807) is 13.1 Å². The Labute approximate surface area is 235 Å². The van der Waals surface area contributed by atoms with Gasteiger partial charge < -0.3 is 19.2 Å². The van der Waals surface area contributed by atoms with Gasteiger partial charge in [-0.25, -0.2) is 9.78 Å². The Bertz CT molecular complexity index is 1440. The van der Waals surface area contributed by atoms with Crippen LogP contribution in [0.5, 0.6) is 5.75 Å². The molecule has 0 radical (unpaired) electrons. The Balaban J connectivity index is 1.47. The van der Waals surface area contributed by atoms with E-state index in [1.807, 2.05) is 94.6 Å². The molecule has 0 bridgehead atoms. The van der Waals surface area contributed by atoms with Crippen LogP contribution >= 0.6 is 0 Å². The van der Waals surface area contributed by atoms with Gasteiger partial charge in [-0.05, 0) is 69.2 Å². The Morgan fingerprint density at radius 1 is 1.02 bits per heavy atom. The van der Waals surface area contributed by atoms with Crippen molar-refractivity contribution in [2.75, 3.05) is 25.2 Å². The third kappa shape index (κ3) is 7.40. The van der Waals surface area contributed by atoms with E-state index < -0.39 is 11.7 Å². The number of ether oxygens (including phenoxy) is 3. The van der Waals surface area contributed by atoms with Crippen LogP contribution in [0.2, 0.25) is 0 Å². The molecule has 2 heterocycles. The number of rotatable bonds is 10. The van der Waals surface area contributed by atoms with Crippen molar-refractivity contribution in [1.82, 2.24) is 9.97 Å². The monoisotopic (exact) mass is 543 g/mol. The Morgan fingerprint density at radius 2 is 1.80 bits per heavy atom. The number of fused-ring (bicyclic) bond motifs is 1.